The number of aromatic nitrogens is 2. The Morgan fingerprint density at radius 2 is 1.66 bits per heavy atom. The first-order valence-electron chi connectivity index (χ1n) is 25.2. The molecule has 0 saturated carbocycles. The summed E-state index contributed by atoms with van der Waals surface area (Å²) >= 11 is 6.53. The van der Waals surface area contributed by atoms with Gasteiger partial charge in [-0.2, -0.15) is 4.98 Å². The van der Waals surface area contributed by atoms with Gasteiger partial charge in [0.1, 0.15) is 22.6 Å². The molecule has 73 heavy (non-hydrogen) atoms. The lowest BCUT2D eigenvalue weighted by molar-refractivity contribution is -0.137. The summed E-state index contributed by atoms with van der Waals surface area (Å²) in [4.78, 5) is 78.8. The van der Waals surface area contributed by atoms with Crippen LogP contribution in [0.4, 0.5) is 23.1 Å². The number of nitrogens with zero attached hydrogens (tertiary/aromatic N) is 5. The smallest absolute Gasteiger partial charge is 0.262 e. The lowest BCUT2D eigenvalue weighted by Gasteiger charge is -2.44. The number of para-hydroxylation sites is 1. The van der Waals surface area contributed by atoms with Crippen molar-refractivity contribution in [3.8, 4) is 11.5 Å². The number of halogens is 1. The first-order valence-corrected chi connectivity index (χ1v) is 27.1. The van der Waals surface area contributed by atoms with E-state index in [1.54, 1.807) is 50.2 Å². The van der Waals surface area contributed by atoms with Gasteiger partial charge in [-0.15, -0.1) is 0 Å². The van der Waals surface area contributed by atoms with Gasteiger partial charge in [0.15, 0.2) is 15.7 Å². The average molecular weight is 1040 g/mol. The van der Waals surface area contributed by atoms with E-state index in [2.05, 4.69) is 49.9 Å². The van der Waals surface area contributed by atoms with Crippen LogP contribution in [-0.2, 0) is 35.4 Å². The number of anilines is 4. The van der Waals surface area contributed by atoms with Crippen molar-refractivity contribution in [3.63, 3.8) is 0 Å². The molecule has 20 heteroatoms. The maximum absolute atomic E-state index is 13.5. The van der Waals surface area contributed by atoms with Crippen LogP contribution in [0.5, 0.6) is 11.5 Å². The molecular weight excluding hydrogens is 976 g/mol. The van der Waals surface area contributed by atoms with E-state index in [4.69, 9.17) is 25.8 Å². The lowest BCUT2D eigenvalue weighted by Crippen LogP contribution is -2.54. The second-order valence-electron chi connectivity index (χ2n) is 20.4. The monoisotopic (exact) mass is 1040 g/mol. The first kappa shape index (κ1) is 51.7. The zero-order chi connectivity index (χ0) is 51.8. The Bertz CT molecular complexity index is 2930. The van der Waals surface area contributed by atoms with Crippen molar-refractivity contribution < 1.29 is 46.6 Å². The Morgan fingerprint density at radius 3 is 2.37 bits per heavy atom. The van der Waals surface area contributed by atoms with Crippen molar-refractivity contribution in [3.05, 3.63) is 87.6 Å². The number of hydrogen-bond acceptors (Lipinski definition) is 15. The number of rotatable bonds is 16. The van der Waals surface area contributed by atoms with E-state index in [0.29, 0.717) is 74.5 Å². The third-order valence-corrected chi connectivity index (χ3v) is 17.2. The Balaban J connectivity index is 0.723. The fourth-order valence-electron chi connectivity index (χ4n) is 10.6. The van der Waals surface area contributed by atoms with Crippen LogP contribution in [0.3, 0.4) is 0 Å². The van der Waals surface area contributed by atoms with Crippen molar-refractivity contribution in [1.82, 2.24) is 30.0 Å². The summed E-state index contributed by atoms with van der Waals surface area (Å²) in [6.45, 7) is 14.4. The van der Waals surface area contributed by atoms with Gasteiger partial charge in [-0.3, -0.25) is 34.2 Å². The van der Waals surface area contributed by atoms with Crippen LogP contribution in [-0.4, -0.2) is 133 Å². The molecular formula is C53H63ClN8O10S. The van der Waals surface area contributed by atoms with Crippen molar-refractivity contribution in [2.24, 2.45) is 5.41 Å². The molecule has 1 aromatic heterocycles. The summed E-state index contributed by atoms with van der Waals surface area (Å²) in [7, 11) is -3.59. The highest BCUT2D eigenvalue weighted by atomic mass is 35.5. The van der Waals surface area contributed by atoms with E-state index in [1.807, 2.05) is 18.7 Å². The van der Waals surface area contributed by atoms with Gasteiger partial charge in [-0.05, 0) is 145 Å². The van der Waals surface area contributed by atoms with Gasteiger partial charge in [0.25, 0.3) is 11.8 Å². The van der Waals surface area contributed by atoms with Crippen molar-refractivity contribution in [1.29, 1.82) is 0 Å². The minimum Gasteiger partial charge on any atom is -0.493 e. The number of hydrogen-bond donors (Lipinski definition) is 3. The van der Waals surface area contributed by atoms with Gasteiger partial charge in [-0.1, -0.05) is 23.7 Å². The van der Waals surface area contributed by atoms with Gasteiger partial charge >= 0.3 is 0 Å². The maximum atomic E-state index is 13.5. The molecule has 18 nitrogen and oxygen atoms in total. The largest absolute Gasteiger partial charge is 0.493 e. The Kier molecular flexibility index (Phi) is 15.1. The molecule has 3 N–H and O–H groups in total. The molecule has 3 aromatic carbocycles. The molecule has 1 atom stereocenters. The van der Waals surface area contributed by atoms with Gasteiger partial charge in [0.05, 0.1) is 71.2 Å². The summed E-state index contributed by atoms with van der Waals surface area (Å²) in [6, 6.07) is 13.1. The van der Waals surface area contributed by atoms with Crippen LogP contribution in [0.1, 0.15) is 116 Å². The highest BCUT2D eigenvalue weighted by molar-refractivity contribution is 7.92. The highest BCUT2D eigenvalue weighted by Crippen LogP contribution is 2.45. The number of ether oxygens (including phenoxy) is 3. The predicted octanol–water partition coefficient (Wildman–Crippen LogP) is 7.13. The summed E-state index contributed by atoms with van der Waals surface area (Å²) in [5.74, 6) is -0.0439. The molecule has 1 spiro atoms. The van der Waals surface area contributed by atoms with Gasteiger partial charge in [0.2, 0.25) is 23.7 Å². The number of amides is 5. The molecule has 9 rings (SSSR count). The number of benzene rings is 3. The number of aryl methyl sites for hydroxylation is 1. The molecule has 4 aromatic rings. The zero-order valence-electron chi connectivity index (χ0n) is 41.9. The van der Waals surface area contributed by atoms with Crippen molar-refractivity contribution in [2.45, 2.75) is 114 Å². The number of piperidine rings is 3. The Morgan fingerprint density at radius 1 is 0.932 bits per heavy atom. The summed E-state index contributed by atoms with van der Waals surface area (Å²) < 4.78 is 44.8. The summed E-state index contributed by atoms with van der Waals surface area (Å²) in [5, 5.41) is 8.28. The number of nitrogens with one attached hydrogen (secondary N) is 3. The number of fused-ring (bicyclic) bond motifs is 2. The maximum Gasteiger partial charge on any atom is 0.262 e. The average Bonchev–Trinajstić information content (AvgIpc) is 3.59. The van der Waals surface area contributed by atoms with Crippen LogP contribution in [0, 0.1) is 12.3 Å². The van der Waals surface area contributed by atoms with Gasteiger partial charge < -0.3 is 34.6 Å². The Hall–Kier alpha value is -6.15. The molecule has 388 valence electrons. The zero-order valence-corrected chi connectivity index (χ0v) is 43.5. The lowest BCUT2D eigenvalue weighted by atomic mass is 9.72. The van der Waals surface area contributed by atoms with E-state index < -0.39 is 44.8 Å². The number of sulfone groups is 1. The number of likely N-dealkylation sites (tertiary alicyclic amines) is 2. The SMILES string of the molecule is Cc1cc(Nc2ncc(Cl)c(Nc3ccccc3S(=O)(=O)C(C)C)n2)c(OC(C)C)cc1C1CCN(CCOCCC(=O)N2CCC3(CC2)COc2cc4c(cc2C3)C(=O)N(C2CCC(=O)NC2=O)C4=O)CC1. The predicted molar refractivity (Wildman–Crippen MR) is 274 cm³/mol. The first-order chi connectivity index (χ1) is 34.9. The van der Waals surface area contributed by atoms with Crippen LogP contribution in [0.2, 0.25) is 5.02 Å². The molecule has 5 aliphatic rings. The molecule has 0 aliphatic carbocycles. The summed E-state index contributed by atoms with van der Waals surface area (Å²) in [5.41, 5.74) is 4.45. The minimum atomic E-state index is -3.59. The number of carbonyl (C=O) groups excluding carboxylic acids is 5. The van der Waals surface area contributed by atoms with E-state index in [1.165, 1.54) is 11.8 Å². The molecule has 3 fully saturated rings. The second-order valence-corrected chi connectivity index (χ2v) is 23.3. The third-order valence-electron chi connectivity index (χ3n) is 14.7. The third kappa shape index (κ3) is 11.1. The topological polar surface area (TPSA) is 219 Å². The second kappa shape index (κ2) is 21.4. The fourth-order valence-corrected chi connectivity index (χ4v) is 11.9. The van der Waals surface area contributed by atoms with E-state index in [9.17, 15) is 32.4 Å². The normalized spacial score (nSPS) is 19.3. The molecule has 0 bridgehead atoms. The standard InChI is InChI=1S/C53H63ClN8O10S/c1-31(2)72-44-26-36(33(5)24-41(44)57-52-55-29-39(54)48(59-52)56-40-8-6-7-9-45(40)73(68,69)32(3)4)34-12-17-60(18-13-34)21-23-70-22-14-47(64)61-19-15-53(16-20-61)28-35-25-37-38(27-43(35)71-30-53)51(67)62(50(37)66)42-10-11-46(63)58-49(42)65/h6-9,24-27,29,31-32,34,42H,10-23,28,30H2,1-5H3,(H,58,63,65)(H2,55,56,57,59). The minimum absolute atomic E-state index is 0.0543. The van der Waals surface area contributed by atoms with Crippen LogP contribution in [0.25, 0.3) is 0 Å². The quantitative estimate of drug-likeness (QED) is 0.0751. The molecule has 1 unspecified atom stereocenters. The van der Waals surface area contributed by atoms with E-state index >= 15 is 0 Å². The van der Waals surface area contributed by atoms with Gasteiger partial charge in [-0.25, -0.2) is 13.4 Å². The van der Waals surface area contributed by atoms with E-state index in [-0.39, 0.29) is 63.1 Å². The number of imide groups is 2. The van der Waals surface area contributed by atoms with Crippen LogP contribution >= 0.6 is 11.6 Å². The van der Waals surface area contributed by atoms with Crippen molar-refractivity contribution in [2.75, 3.05) is 63.2 Å². The van der Waals surface area contributed by atoms with Crippen molar-refractivity contribution >= 4 is 74.1 Å². The Labute approximate surface area is 430 Å². The molecule has 3 saturated heterocycles. The molecule has 0 radical (unpaired) electrons. The molecule has 5 aliphatic heterocycles. The van der Waals surface area contributed by atoms with Crippen LogP contribution < -0.4 is 25.4 Å². The highest BCUT2D eigenvalue weighted by Gasteiger charge is 2.47. The summed E-state index contributed by atoms with van der Waals surface area (Å²) in [6.07, 6.45) is 5.85. The van der Waals surface area contributed by atoms with Gasteiger partial charge in [0, 0.05) is 31.5 Å². The fraction of sp³-hybridized carbons (Fsp3) is 0.491. The molecule has 5 amide bonds. The number of carbonyl (C=O) groups is 5. The van der Waals surface area contributed by atoms with E-state index in [0.717, 1.165) is 61.3 Å². The van der Waals surface area contributed by atoms with Crippen LogP contribution in [0.15, 0.2) is 59.6 Å². The molecule has 6 heterocycles.